The number of hydrogen-bond acceptors (Lipinski definition) is 3. The van der Waals surface area contributed by atoms with Crippen molar-refractivity contribution in [3.63, 3.8) is 0 Å². The summed E-state index contributed by atoms with van der Waals surface area (Å²) in [7, 11) is 0. The van der Waals surface area contributed by atoms with Gasteiger partial charge in [-0.1, -0.05) is 32.0 Å². The van der Waals surface area contributed by atoms with Gasteiger partial charge in [0.05, 0.1) is 6.54 Å². The summed E-state index contributed by atoms with van der Waals surface area (Å²) in [6.45, 7) is 13.1. The molecule has 1 N–H and O–H groups in total. The lowest BCUT2D eigenvalue weighted by Gasteiger charge is -2.36. The number of aliphatic imine (C=N–C) groups is 1. The van der Waals surface area contributed by atoms with E-state index in [0.717, 1.165) is 44.4 Å². The fourth-order valence-corrected chi connectivity index (χ4v) is 3.06. The molecule has 1 saturated heterocycles. The van der Waals surface area contributed by atoms with Gasteiger partial charge in [0.15, 0.2) is 5.96 Å². The molecule has 1 aliphatic rings. The van der Waals surface area contributed by atoms with Crippen LogP contribution in [0.15, 0.2) is 29.3 Å². The summed E-state index contributed by atoms with van der Waals surface area (Å²) in [4.78, 5) is 20.3. The zero-order chi connectivity index (χ0) is 18.9. The zero-order valence-corrected chi connectivity index (χ0v) is 16.5. The molecule has 6 nitrogen and oxygen atoms in total. The highest BCUT2D eigenvalue weighted by Crippen LogP contribution is 2.25. The number of guanidine groups is 1. The molecule has 144 valence electrons. The Kier molecular flexibility index (Phi) is 7.75. The molecule has 1 aromatic carbocycles. The Bertz CT molecular complexity index is 608. The molecule has 2 rings (SSSR count). The summed E-state index contributed by atoms with van der Waals surface area (Å²) in [5, 5.41) is 3.34. The van der Waals surface area contributed by atoms with E-state index in [2.05, 4.69) is 37.1 Å². The molecule has 0 bridgehead atoms. The van der Waals surface area contributed by atoms with Crippen LogP contribution in [0.3, 0.4) is 0 Å². The molecular weight excluding hydrogens is 328 g/mol. The molecule has 1 heterocycles. The number of carbonyl (C=O) groups excluding carboxylic acids is 1. The molecule has 1 aliphatic heterocycles. The third-order valence-corrected chi connectivity index (χ3v) is 4.51. The van der Waals surface area contributed by atoms with Crippen molar-refractivity contribution in [2.45, 2.75) is 33.6 Å². The van der Waals surface area contributed by atoms with Gasteiger partial charge in [-0.05, 0) is 24.5 Å². The van der Waals surface area contributed by atoms with Crippen molar-refractivity contribution in [2.75, 3.05) is 45.9 Å². The summed E-state index contributed by atoms with van der Waals surface area (Å²) in [6.07, 6.45) is 0. The third kappa shape index (κ3) is 5.64. The maximum atomic E-state index is 11.5. The van der Waals surface area contributed by atoms with Crippen molar-refractivity contribution in [1.29, 1.82) is 0 Å². The maximum Gasteiger partial charge on any atom is 0.219 e. The van der Waals surface area contributed by atoms with Gasteiger partial charge >= 0.3 is 0 Å². The molecule has 6 heteroatoms. The van der Waals surface area contributed by atoms with Crippen LogP contribution in [0, 0.1) is 0 Å². The van der Waals surface area contributed by atoms with Crippen LogP contribution in [0.2, 0.25) is 0 Å². The highest BCUT2D eigenvalue weighted by molar-refractivity contribution is 5.80. The van der Waals surface area contributed by atoms with Crippen LogP contribution in [0.1, 0.15) is 39.2 Å². The van der Waals surface area contributed by atoms with Crippen LogP contribution in [-0.4, -0.2) is 67.5 Å². The van der Waals surface area contributed by atoms with Crippen molar-refractivity contribution < 1.29 is 9.53 Å². The highest BCUT2D eigenvalue weighted by Gasteiger charge is 2.20. The lowest BCUT2D eigenvalue weighted by molar-refractivity contribution is -0.130. The van der Waals surface area contributed by atoms with E-state index in [1.54, 1.807) is 6.92 Å². The summed E-state index contributed by atoms with van der Waals surface area (Å²) in [6, 6.07) is 8.18. The van der Waals surface area contributed by atoms with Gasteiger partial charge in [0.2, 0.25) is 5.91 Å². The molecular formula is C20H32N4O2. The predicted octanol–water partition coefficient (Wildman–Crippen LogP) is 2.32. The number of hydrogen-bond donors (Lipinski definition) is 1. The van der Waals surface area contributed by atoms with Gasteiger partial charge in [0.25, 0.3) is 0 Å². The van der Waals surface area contributed by atoms with Gasteiger partial charge in [0.1, 0.15) is 12.4 Å². The third-order valence-electron chi connectivity index (χ3n) is 4.51. The lowest BCUT2D eigenvalue weighted by Crippen LogP contribution is -2.53. The number of amides is 1. The Hall–Kier alpha value is -2.24. The largest absolute Gasteiger partial charge is 0.491 e. The van der Waals surface area contributed by atoms with Gasteiger partial charge < -0.3 is 19.9 Å². The Labute approximate surface area is 157 Å². The van der Waals surface area contributed by atoms with E-state index >= 15 is 0 Å². The molecule has 0 radical (unpaired) electrons. The quantitative estimate of drug-likeness (QED) is 0.481. The number of carbonyl (C=O) groups is 1. The van der Waals surface area contributed by atoms with Crippen molar-refractivity contribution in [3.05, 3.63) is 29.8 Å². The summed E-state index contributed by atoms with van der Waals surface area (Å²) < 4.78 is 5.96. The minimum absolute atomic E-state index is 0.142. The molecule has 0 aliphatic carbocycles. The molecule has 1 aromatic rings. The first-order valence-electron chi connectivity index (χ1n) is 9.53. The fraction of sp³-hybridized carbons (Fsp3) is 0.600. The van der Waals surface area contributed by atoms with Gasteiger partial charge in [-0.15, -0.1) is 0 Å². The van der Waals surface area contributed by atoms with E-state index in [4.69, 9.17) is 9.73 Å². The summed E-state index contributed by atoms with van der Waals surface area (Å²) in [5.41, 5.74) is 1.23. The van der Waals surface area contributed by atoms with Gasteiger partial charge in [-0.3, -0.25) is 4.79 Å². The van der Waals surface area contributed by atoms with Gasteiger partial charge in [-0.2, -0.15) is 0 Å². The molecule has 0 saturated carbocycles. The minimum Gasteiger partial charge on any atom is -0.491 e. The topological polar surface area (TPSA) is 57.2 Å². The number of para-hydroxylation sites is 1. The summed E-state index contributed by atoms with van der Waals surface area (Å²) >= 11 is 0. The average molecular weight is 361 g/mol. The molecule has 0 spiro atoms. The van der Waals surface area contributed by atoms with Crippen molar-refractivity contribution in [1.82, 2.24) is 15.1 Å². The van der Waals surface area contributed by atoms with E-state index in [1.165, 1.54) is 5.56 Å². The molecule has 1 fully saturated rings. The average Bonchev–Trinajstić information content (AvgIpc) is 2.64. The second kappa shape index (κ2) is 10.0. The van der Waals surface area contributed by atoms with E-state index < -0.39 is 0 Å². The van der Waals surface area contributed by atoms with Gasteiger partial charge in [0, 0.05) is 39.6 Å². The van der Waals surface area contributed by atoms with Crippen LogP contribution in [0.5, 0.6) is 5.75 Å². The van der Waals surface area contributed by atoms with Crippen molar-refractivity contribution in [3.8, 4) is 5.75 Å². The van der Waals surface area contributed by atoms with E-state index in [0.29, 0.717) is 19.1 Å². The minimum atomic E-state index is 0.142. The van der Waals surface area contributed by atoms with Crippen LogP contribution >= 0.6 is 0 Å². The number of nitrogens with one attached hydrogen (secondary N) is 1. The Morgan fingerprint density at radius 3 is 2.46 bits per heavy atom. The molecule has 0 unspecified atom stereocenters. The standard InChI is InChI=1S/C20H32N4O2/c1-5-21-20(24-13-11-23(12-14-24)17(4)25)22-10-15-26-19-9-7-6-8-18(19)16(2)3/h6-9,16H,5,10-15H2,1-4H3,(H,21,22). The Balaban J connectivity index is 1.89. The second-order valence-corrected chi connectivity index (χ2v) is 6.77. The maximum absolute atomic E-state index is 11.5. The van der Waals surface area contributed by atoms with Crippen molar-refractivity contribution in [2.24, 2.45) is 4.99 Å². The van der Waals surface area contributed by atoms with Crippen molar-refractivity contribution >= 4 is 11.9 Å². The SMILES string of the molecule is CCNC(=NCCOc1ccccc1C(C)C)N1CCN(C(C)=O)CC1. The normalized spacial score (nSPS) is 15.3. The lowest BCUT2D eigenvalue weighted by atomic mass is 10.0. The molecule has 0 aromatic heterocycles. The predicted molar refractivity (Wildman–Crippen MR) is 106 cm³/mol. The molecule has 26 heavy (non-hydrogen) atoms. The van der Waals surface area contributed by atoms with E-state index in [9.17, 15) is 4.79 Å². The van der Waals surface area contributed by atoms with E-state index in [-0.39, 0.29) is 5.91 Å². The van der Waals surface area contributed by atoms with Crippen LogP contribution < -0.4 is 10.1 Å². The monoisotopic (exact) mass is 360 g/mol. The van der Waals surface area contributed by atoms with E-state index in [1.807, 2.05) is 23.1 Å². The Morgan fingerprint density at radius 2 is 1.85 bits per heavy atom. The summed E-state index contributed by atoms with van der Waals surface area (Å²) in [5.74, 6) is 2.42. The second-order valence-electron chi connectivity index (χ2n) is 6.77. The number of ether oxygens (including phenoxy) is 1. The van der Waals surface area contributed by atoms with Gasteiger partial charge in [-0.25, -0.2) is 4.99 Å². The number of nitrogens with zero attached hydrogens (tertiary/aromatic N) is 3. The first-order valence-corrected chi connectivity index (χ1v) is 9.53. The van der Waals surface area contributed by atoms with Crippen LogP contribution in [0.25, 0.3) is 0 Å². The molecule has 0 atom stereocenters. The highest BCUT2D eigenvalue weighted by atomic mass is 16.5. The zero-order valence-electron chi connectivity index (χ0n) is 16.5. The fourth-order valence-electron chi connectivity index (χ4n) is 3.06. The number of piperazine rings is 1. The number of benzene rings is 1. The smallest absolute Gasteiger partial charge is 0.219 e. The Morgan fingerprint density at radius 1 is 1.19 bits per heavy atom. The van der Waals surface area contributed by atoms with Crippen LogP contribution in [-0.2, 0) is 4.79 Å². The first-order chi connectivity index (χ1) is 12.5. The van der Waals surface area contributed by atoms with Crippen LogP contribution in [0.4, 0.5) is 0 Å². The molecule has 1 amide bonds. The number of rotatable bonds is 6. The first kappa shape index (κ1) is 20.1.